The van der Waals surface area contributed by atoms with Crippen molar-refractivity contribution >= 4 is 11.8 Å². The zero-order valence-corrected chi connectivity index (χ0v) is 21.3. The van der Waals surface area contributed by atoms with Crippen molar-refractivity contribution < 1.29 is 33.3 Å². The molecule has 3 aromatic rings. The predicted octanol–water partition coefficient (Wildman–Crippen LogP) is 5.64. The largest absolute Gasteiger partial charge is 0.497 e. The normalized spacial score (nSPS) is 15.9. The summed E-state index contributed by atoms with van der Waals surface area (Å²) < 4.78 is 28.4. The van der Waals surface area contributed by atoms with Crippen LogP contribution in [0.15, 0.2) is 65.9 Å². The molecule has 5 rings (SSSR count). The summed E-state index contributed by atoms with van der Waals surface area (Å²) in [4.78, 5) is 25.4. The van der Waals surface area contributed by atoms with Crippen molar-refractivity contribution in [1.82, 2.24) is 0 Å². The average molecular weight is 501 g/mol. The van der Waals surface area contributed by atoms with Gasteiger partial charge in [0.25, 0.3) is 0 Å². The number of hydrogen-bond acceptors (Lipinski definition) is 7. The standard InChI is InChI=1S/C30H28O7/c1-17(2)29-28(32)21-10-12-24-27(30(21)37-29)22(16-26(31)36-24)19-7-11-23(25(15-19)34-4)35-14-13-18-5-8-20(33-3)9-6-18/h5-12,15,22H,13-14,16H2,1-4H3. The first-order chi connectivity index (χ1) is 17.9. The van der Waals surface area contributed by atoms with Crippen molar-refractivity contribution in [3.63, 3.8) is 0 Å². The molecule has 0 fully saturated rings. The van der Waals surface area contributed by atoms with E-state index in [9.17, 15) is 9.59 Å². The molecule has 2 aliphatic heterocycles. The van der Waals surface area contributed by atoms with Gasteiger partial charge in [-0.3, -0.25) is 9.59 Å². The molecule has 0 radical (unpaired) electrons. The Labute approximate surface area is 215 Å². The lowest BCUT2D eigenvalue weighted by Gasteiger charge is -2.27. The number of rotatable bonds is 7. The highest BCUT2D eigenvalue weighted by Gasteiger charge is 2.39. The molecular formula is C30H28O7. The fraction of sp³-hybridized carbons (Fsp3) is 0.267. The van der Waals surface area contributed by atoms with E-state index in [1.165, 1.54) is 0 Å². The van der Waals surface area contributed by atoms with Crippen LogP contribution in [0.3, 0.4) is 0 Å². The van der Waals surface area contributed by atoms with Crippen LogP contribution in [-0.4, -0.2) is 32.6 Å². The Morgan fingerprint density at radius 1 is 0.919 bits per heavy atom. The molecule has 0 N–H and O–H groups in total. The molecule has 0 aliphatic carbocycles. The summed E-state index contributed by atoms with van der Waals surface area (Å²) in [6.07, 6.45) is 0.840. The fourth-order valence-corrected chi connectivity index (χ4v) is 4.70. The SMILES string of the molecule is COc1ccc(CCOc2ccc(C3CC(=O)Oc4ccc5c(c43)OC(=C(C)C)C5=O)cc2OC)cc1. The van der Waals surface area contributed by atoms with Gasteiger partial charge in [-0.2, -0.15) is 0 Å². The molecule has 1 atom stereocenters. The first-order valence-corrected chi connectivity index (χ1v) is 12.1. The molecule has 190 valence electrons. The van der Waals surface area contributed by atoms with Gasteiger partial charge >= 0.3 is 5.97 Å². The van der Waals surface area contributed by atoms with Crippen LogP contribution in [-0.2, 0) is 11.2 Å². The lowest BCUT2D eigenvalue weighted by molar-refractivity contribution is -0.135. The second-order valence-electron chi connectivity index (χ2n) is 9.20. The van der Waals surface area contributed by atoms with E-state index in [0.29, 0.717) is 46.5 Å². The molecule has 37 heavy (non-hydrogen) atoms. The van der Waals surface area contributed by atoms with Crippen LogP contribution in [0.4, 0.5) is 0 Å². The third-order valence-corrected chi connectivity index (χ3v) is 6.61. The van der Waals surface area contributed by atoms with Crippen LogP contribution < -0.4 is 23.7 Å². The second kappa shape index (κ2) is 10.0. The maximum Gasteiger partial charge on any atom is 0.312 e. The van der Waals surface area contributed by atoms with E-state index in [4.69, 9.17) is 23.7 Å². The van der Waals surface area contributed by atoms with E-state index in [1.807, 2.05) is 56.3 Å². The summed E-state index contributed by atoms with van der Waals surface area (Å²) in [5.74, 6) is 2.28. The van der Waals surface area contributed by atoms with Gasteiger partial charge in [-0.05, 0) is 66.9 Å². The summed E-state index contributed by atoms with van der Waals surface area (Å²) in [7, 11) is 3.22. The summed E-state index contributed by atoms with van der Waals surface area (Å²) in [6, 6.07) is 16.8. The van der Waals surface area contributed by atoms with Crippen LogP contribution in [0.1, 0.15) is 53.2 Å². The van der Waals surface area contributed by atoms with E-state index in [0.717, 1.165) is 28.9 Å². The Balaban J connectivity index is 1.42. The van der Waals surface area contributed by atoms with Crippen LogP contribution in [0, 0.1) is 0 Å². The van der Waals surface area contributed by atoms with Crippen molar-refractivity contribution in [2.45, 2.75) is 32.6 Å². The lowest BCUT2D eigenvalue weighted by Crippen LogP contribution is -2.21. The number of methoxy groups -OCH3 is 2. The predicted molar refractivity (Wildman–Crippen MR) is 137 cm³/mol. The summed E-state index contributed by atoms with van der Waals surface area (Å²) in [5.41, 5.74) is 3.93. The first kappa shape index (κ1) is 24.4. The number of carbonyl (C=O) groups excluding carboxylic acids is 2. The first-order valence-electron chi connectivity index (χ1n) is 12.1. The Bertz CT molecular complexity index is 1400. The molecule has 1 unspecified atom stereocenters. The highest BCUT2D eigenvalue weighted by Crippen LogP contribution is 2.49. The Hall–Kier alpha value is -4.26. The number of benzene rings is 3. The third kappa shape index (κ3) is 4.65. The average Bonchev–Trinajstić information content (AvgIpc) is 3.25. The van der Waals surface area contributed by atoms with E-state index < -0.39 is 0 Å². The molecule has 0 amide bonds. The van der Waals surface area contributed by atoms with Gasteiger partial charge < -0.3 is 23.7 Å². The maximum atomic E-state index is 12.9. The smallest absolute Gasteiger partial charge is 0.312 e. The maximum absolute atomic E-state index is 12.9. The van der Waals surface area contributed by atoms with E-state index >= 15 is 0 Å². The van der Waals surface area contributed by atoms with Crippen LogP contribution in [0.2, 0.25) is 0 Å². The molecular weight excluding hydrogens is 472 g/mol. The van der Waals surface area contributed by atoms with Gasteiger partial charge in [0.1, 0.15) is 17.2 Å². The highest BCUT2D eigenvalue weighted by molar-refractivity contribution is 6.13. The molecule has 0 spiro atoms. The second-order valence-corrected chi connectivity index (χ2v) is 9.20. The molecule has 2 heterocycles. The highest BCUT2D eigenvalue weighted by atomic mass is 16.5. The number of esters is 1. The minimum Gasteiger partial charge on any atom is -0.497 e. The molecule has 0 saturated carbocycles. The van der Waals surface area contributed by atoms with Crippen molar-refractivity contribution in [2.24, 2.45) is 0 Å². The van der Waals surface area contributed by atoms with Crippen LogP contribution in [0.25, 0.3) is 0 Å². The van der Waals surface area contributed by atoms with Crippen LogP contribution >= 0.6 is 0 Å². The number of Topliss-reactive ketones (excluding diaryl/α,β-unsaturated/α-hetero) is 1. The number of ketones is 1. The Morgan fingerprint density at radius 2 is 1.70 bits per heavy atom. The van der Waals surface area contributed by atoms with Crippen molar-refractivity contribution in [2.75, 3.05) is 20.8 Å². The number of ether oxygens (including phenoxy) is 5. The van der Waals surface area contributed by atoms with Gasteiger partial charge in [0, 0.05) is 17.9 Å². The zero-order chi connectivity index (χ0) is 26.1. The monoisotopic (exact) mass is 500 g/mol. The van der Waals surface area contributed by atoms with Gasteiger partial charge in [-0.25, -0.2) is 0 Å². The van der Waals surface area contributed by atoms with Crippen molar-refractivity contribution in [3.8, 4) is 28.7 Å². The Morgan fingerprint density at radius 3 is 2.41 bits per heavy atom. The molecule has 0 saturated heterocycles. The van der Waals surface area contributed by atoms with E-state index in [1.54, 1.807) is 26.4 Å². The third-order valence-electron chi connectivity index (χ3n) is 6.61. The van der Waals surface area contributed by atoms with Gasteiger partial charge in [-0.1, -0.05) is 18.2 Å². The van der Waals surface area contributed by atoms with Gasteiger partial charge in [0.2, 0.25) is 5.78 Å². The zero-order valence-electron chi connectivity index (χ0n) is 21.3. The summed E-state index contributed by atoms with van der Waals surface area (Å²) >= 11 is 0. The van der Waals surface area contributed by atoms with E-state index in [-0.39, 0.29) is 24.1 Å². The number of fused-ring (bicyclic) bond motifs is 3. The molecule has 7 nitrogen and oxygen atoms in total. The summed E-state index contributed by atoms with van der Waals surface area (Å²) in [6.45, 7) is 4.14. The number of allylic oxidation sites excluding steroid dienone is 2. The summed E-state index contributed by atoms with van der Waals surface area (Å²) in [5, 5.41) is 0. The van der Waals surface area contributed by atoms with Gasteiger partial charge in [0.05, 0.1) is 32.8 Å². The topological polar surface area (TPSA) is 80.3 Å². The molecule has 0 aromatic heterocycles. The fourth-order valence-electron chi connectivity index (χ4n) is 4.70. The number of carbonyl (C=O) groups is 2. The molecule has 2 aliphatic rings. The lowest BCUT2D eigenvalue weighted by atomic mass is 9.84. The molecule has 3 aromatic carbocycles. The van der Waals surface area contributed by atoms with Gasteiger partial charge in [-0.15, -0.1) is 0 Å². The number of hydrogen-bond donors (Lipinski definition) is 0. The van der Waals surface area contributed by atoms with Crippen molar-refractivity contribution in [1.29, 1.82) is 0 Å². The molecule has 7 heteroatoms. The van der Waals surface area contributed by atoms with Gasteiger partial charge in [0.15, 0.2) is 17.3 Å². The van der Waals surface area contributed by atoms with E-state index in [2.05, 4.69) is 0 Å². The van der Waals surface area contributed by atoms with Crippen molar-refractivity contribution in [3.05, 3.63) is 88.2 Å². The molecule has 0 bridgehead atoms. The Kier molecular flexibility index (Phi) is 6.61. The minimum absolute atomic E-state index is 0.117. The minimum atomic E-state index is -0.363. The quantitative estimate of drug-likeness (QED) is 0.236. The van der Waals surface area contributed by atoms with Crippen LogP contribution in [0.5, 0.6) is 28.7 Å².